The highest BCUT2D eigenvalue weighted by molar-refractivity contribution is 5.66. The maximum atomic E-state index is 11.5. The van der Waals surface area contributed by atoms with Gasteiger partial charge in [0.25, 0.3) is 0 Å². The maximum Gasteiger partial charge on any atom is 0.303 e. The summed E-state index contributed by atoms with van der Waals surface area (Å²) in [6.07, 6.45) is 8.73. The molecular formula is C22H34O4. The highest BCUT2D eigenvalue weighted by atomic mass is 16.6. The predicted molar refractivity (Wildman–Crippen MR) is 104 cm³/mol. The molecule has 1 N–H and O–H groups in total. The van der Waals surface area contributed by atoms with Gasteiger partial charge in [0.2, 0.25) is 0 Å². The van der Waals surface area contributed by atoms with Crippen LogP contribution in [0.15, 0.2) is 34.4 Å². The lowest BCUT2D eigenvalue weighted by molar-refractivity contribution is -0.162. The van der Waals surface area contributed by atoms with Crippen molar-refractivity contribution >= 4 is 5.97 Å². The average molecular weight is 363 g/mol. The van der Waals surface area contributed by atoms with Crippen LogP contribution in [0.3, 0.4) is 0 Å². The van der Waals surface area contributed by atoms with Crippen molar-refractivity contribution in [1.29, 1.82) is 0 Å². The fourth-order valence-corrected chi connectivity index (χ4v) is 3.76. The Labute approximate surface area is 158 Å². The highest BCUT2D eigenvalue weighted by Gasteiger charge is 2.34. The molecule has 26 heavy (non-hydrogen) atoms. The normalized spacial score (nSPS) is 35.6. The number of carbonyl (C=O) groups is 1. The Hall–Kier alpha value is -1.39. The van der Waals surface area contributed by atoms with E-state index in [4.69, 9.17) is 9.47 Å². The Balaban J connectivity index is 2.25. The first kappa shape index (κ1) is 20.9. The van der Waals surface area contributed by atoms with Gasteiger partial charge in [0.05, 0.1) is 18.3 Å². The van der Waals surface area contributed by atoms with E-state index in [2.05, 4.69) is 32.9 Å². The monoisotopic (exact) mass is 362 g/mol. The minimum atomic E-state index is -1.03. The van der Waals surface area contributed by atoms with E-state index in [1.807, 2.05) is 0 Å². The van der Waals surface area contributed by atoms with Crippen LogP contribution in [-0.2, 0) is 14.3 Å². The third-order valence-corrected chi connectivity index (χ3v) is 5.54. The number of carbonyl (C=O) groups excluding carboxylic acids is 1. The van der Waals surface area contributed by atoms with Crippen LogP contribution in [0.2, 0.25) is 0 Å². The summed E-state index contributed by atoms with van der Waals surface area (Å²) in [5, 5.41) is 10.9. The lowest BCUT2D eigenvalue weighted by atomic mass is 9.87. The van der Waals surface area contributed by atoms with Gasteiger partial charge in [-0.3, -0.25) is 4.79 Å². The van der Waals surface area contributed by atoms with Crippen LogP contribution in [0.25, 0.3) is 0 Å². The molecule has 0 amide bonds. The van der Waals surface area contributed by atoms with Crippen LogP contribution in [0.1, 0.15) is 73.1 Å². The molecule has 0 bridgehead atoms. The van der Waals surface area contributed by atoms with Crippen molar-refractivity contribution in [2.24, 2.45) is 0 Å². The van der Waals surface area contributed by atoms with Crippen molar-refractivity contribution < 1.29 is 19.4 Å². The molecule has 4 nitrogen and oxygen atoms in total. The number of fused-ring (bicyclic) bond motifs is 1. The van der Waals surface area contributed by atoms with Gasteiger partial charge in [-0.2, -0.15) is 0 Å². The van der Waals surface area contributed by atoms with Crippen molar-refractivity contribution in [3.63, 3.8) is 0 Å². The number of hydrogen-bond acceptors (Lipinski definition) is 4. The van der Waals surface area contributed by atoms with Gasteiger partial charge in [-0.1, -0.05) is 23.3 Å². The first-order chi connectivity index (χ1) is 12.2. The third kappa shape index (κ3) is 5.82. The lowest BCUT2D eigenvalue weighted by Crippen LogP contribution is -2.42. The second-order valence-corrected chi connectivity index (χ2v) is 8.13. The third-order valence-electron chi connectivity index (χ3n) is 5.54. The van der Waals surface area contributed by atoms with Gasteiger partial charge in [0, 0.05) is 6.92 Å². The summed E-state index contributed by atoms with van der Waals surface area (Å²) in [5.41, 5.74) is 4.25. The molecule has 3 atom stereocenters. The number of ether oxygens (including phenoxy) is 2. The van der Waals surface area contributed by atoms with E-state index in [0.717, 1.165) is 25.7 Å². The molecule has 0 aromatic heterocycles. The average Bonchev–Trinajstić information content (AvgIpc) is 2.88. The van der Waals surface area contributed by atoms with E-state index in [1.54, 1.807) is 6.92 Å². The molecule has 0 saturated carbocycles. The van der Waals surface area contributed by atoms with Crippen molar-refractivity contribution in [1.82, 2.24) is 0 Å². The molecule has 0 aromatic rings. The number of hydrogen-bond donors (Lipinski definition) is 1. The van der Waals surface area contributed by atoms with Crippen LogP contribution < -0.4 is 0 Å². The van der Waals surface area contributed by atoms with Crippen LogP contribution in [0, 0.1) is 0 Å². The molecule has 146 valence electrons. The molecule has 1 unspecified atom stereocenters. The summed E-state index contributed by atoms with van der Waals surface area (Å²) >= 11 is 0. The van der Waals surface area contributed by atoms with Crippen molar-refractivity contribution in [3.8, 4) is 0 Å². The van der Waals surface area contributed by atoms with Crippen LogP contribution in [-0.4, -0.2) is 35.5 Å². The number of allylic oxidation sites excluding steroid dienone is 3. The summed E-state index contributed by atoms with van der Waals surface area (Å²) in [6.45, 7) is 10.3. The highest BCUT2D eigenvalue weighted by Crippen LogP contribution is 2.31. The van der Waals surface area contributed by atoms with Crippen molar-refractivity contribution in [2.45, 2.75) is 91.0 Å². The fraction of sp³-hybridized carbons (Fsp3) is 0.682. The predicted octanol–water partition coefficient (Wildman–Crippen LogP) is 4.63. The zero-order valence-corrected chi connectivity index (χ0v) is 16.9. The summed E-state index contributed by atoms with van der Waals surface area (Å²) in [7, 11) is 0. The molecular weight excluding hydrogens is 328 g/mol. The van der Waals surface area contributed by atoms with E-state index in [1.165, 1.54) is 29.2 Å². The van der Waals surface area contributed by atoms with Gasteiger partial charge < -0.3 is 14.6 Å². The molecule has 0 aromatic carbocycles. The quantitative estimate of drug-likeness (QED) is 0.546. The summed E-state index contributed by atoms with van der Waals surface area (Å²) < 4.78 is 11.4. The molecule has 0 saturated heterocycles. The largest absolute Gasteiger partial charge is 0.459 e. The van der Waals surface area contributed by atoms with Gasteiger partial charge in [-0.05, 0) is 77.4 Å². The van der Waals surface area contributed by atoms with Crippen LogP contribution >= 0.6 is 0 Å². The molecule has 0 spiro atoms. The first-order valence-corrected chi connectivity index (χ1v) is 9.71. The number of esters is 1. The van der Waals surface area contributed by atoms with E-state index in [9.17, 15) is 9.90 Å². The van der Waals surface area contributed by atoms with Crippen LogP contribution in [0.5, 0.6) is 0 Å². The summed E-state index contributed by atoms with van der Waals surface area (Å²) in [6, 6.07) is 0. The topological polar surface area (TPSA) is 55.8 Å². The lowest BCUT2D eigenvalue weighted by Gasteiger charge is -2.32. The maximum absolute atomic E-state index is 11.5. The number of aliphatic hydroxyl groups is 1. The Morgan fingerprint density at radius 3 is 2.65 bits per heavy atom. The molecule has 4 heteroatoms. The standard InChI is InChI=1S/C22H34O4/c1-15-7-6-12-22(5,24)21(26-18(4)23)11-9-16(2)13-20-19(10-8-15)17(3)14-25-20/h7,13,20-21,24H,6,8-12,14H2,1-5H3/b15-7+,16-13+/t20-,21?,22+/m1/s1. The van der Waals surface area contributed by atoms with E-state index in [0.29, 0.717) is 19.4 Å². The molecule has 0 fully saturated rings. The van der Waals surface area contributed by atoms with Gasteiger partial charge in [0.1, 0.15) is 6.10 Å². The minimum Gasteiger partial charge on any atom is -0.459 e. The smallest absolute Gasteiger partial charge is 0.303 e. The van der Waals surface area contributed by atoms with Gasteiger partial charge in [-0.25, -0.2) is 0 Å². The fourth-order valence-electron chi connectivity index (χ4n) is 3.76. The molecule has 1 aliphatic heterocycles. The van der Waals surface area contributed by atoms with Gasteiger partial charge in [0.15, 0.2) is 0 Å². The zero-order valence-electron chi connectivity index (χ0n) is 16.9. The molecule has 2 rings (SSSR count). The second-order valence-electron chi connectivity index (χ2n) is 8.13. The van der Waals surface area contributed by atoms with Gasteiger partial charge >= 0.3 is 5.97 Å². The Bertz CT molecular complexity index is 610. The summed E-state index contributed by atoms with van der Waals surface area (Å²) in [4.78, 5) is 11.5. The Morgan fingerprint density at radius 2 is 1.96 bits per heavy atom. The van der Waals surface area contributed by atoms with Crippen molar-refractivity contribution in [3.05, 3.63) is 34.4 Å². The Morgan fingerprint density at radius 1 is 1.23 bits per heavy atom. The van der Waals surface area contributed by atoms with Gasteiger partial charge in [-0.15, -0.1) is 0 Å². The molecule has 0 radical (unpaired) electrons. The number of rotatable bonds is 1. The zero-order chi connectivity index (χ0) is 19.3. The van der Waals surface area contributed by atoms with E-state index >= 15 is 0 Å². The van der Waals surface area contributed by atoms with E-state index < -0.39 is 11.7 Å². The molecule has 2 aliphatic rings. The Kier molecular flexibility index (Phi) is 7.24. The second kappa shape index (κ2) is 9.01. The SMILES string of the molecule is CC(=O)OC1CC/C(C)=C/[C@H]2OCC(C)=C2CC/C(C)=C/CC[C@]1(C)O. The minimum absolute atomic E-state index is 0.0541. The van der Waals surface area contributed by atoms with E-state index in [-0.39, 0.29) is 12.1 Å². The molecule has 1 aliphatic carbocycles. The summed E-state index contributed by atoms with van der Waals surface area (Å²) in [5.74, 6) is -0.343. The van der Waals surface area contributed by atoms with Crippen molar-refractivity contribution in [2.75, 3.05) is 6.61 Å². The molecule has 1 heterocycles. The first-order valence-electron chi connectivity index (χ1n) is 9.71. The van der Waals surface area contributed by atoms with Crippen LogP contribution in [0.4, 0.5) is 0 Å².